The largest absolute Gasteiger partial charge is 0.295 e. The van der Waals surface area contributed by atoms with Crippen molar-refractivity contribution >= 4 is 0 Å². The summed E-state index contributed by atoms with van der Waals surface area (Å²) in [6, 6.07) is 11.1. The number of aryl methyl sites for hydroxylation is 1. The third kappa shape index (κ3) is 4.14. The van der Waals surface area contributed by atoms with Crippen LogP contribution in [0.5, 0.6) is 0 Å². The Morgan fingerprint density at radius 2 is 2.00 bits per heavy atom. The van der Waals surface area contributed by atoms with E-state index < -0.39 is 0 Å². The number of rotatable bonds is 7. The van der Waals surface area contributed by atoms with E-state index in [-0.39, 0.29) is 0 Å². The maximum Gasteiger partial charge on any atom is 0.156 e. The molecule has 28 heavy (non-hydrogen) atoms. The number of likely N-dealkylation sites (tertiary alicyclic amines) is 1. The van der Waals surface area contributed by atoms with Crippen LogP contribution in [0.25, 0.3) is 5.82 Å². The minimum atomic E-state index is 0.349. The van der Waals surface area contributed by atoms with E-state index in [1.807, 2.05) is 24.8 Å². The zero-order valence-electron chi connectivity index (χ0n) is 16.8. The second-order valence-corrected chi connectivity index (χ2v) is 7.90. The first-order chi connectivity index (χ1) is 13.7. The maximum atomic E-state index is 4.98. The maximum absolute atomic E-state index is 4.98. The number of hydrogen-bond acceptors (Lipinski definition) is 4. The summed E-state index contributed by atoms with van der Waals surface area (Å²) in [6.45, 7) is 6.56. The van der Waals surface area contributed by atoms with Gasteiger partial charge in [0.05, 0.1) is 24.1 Å². The summed E-state index contributed by atoms with van der Waals surface area (Å²) >= 11 is 0. The molecule has 3 aromatic rings. The molecule has 0 radical (unpaired) electrons. The molecule has 0 aliphatic carbocycles. The Labute approximate surface area is 167 Å². The van der Waals surface area contributed by atoms with Gasteiger partial charge in [-0.3, -0.25) is 14.5 Å². The van der Waals surface area contributed by atoms with Crippen LogP contribution < -0.4 is 0 Å². The molecule has 1 saturated heterocycles. The van der Waals surface area contributed by atoms with Crippen molar-refractivity contribution in [2.24, 2.45) is 0 Å². The van der Waals surface area contributed by atoms with Gasteiger partial charge in [0.25, 0.3) is 0 Å². The minimum absolute atomic E-state index is 0.349. The lowest BCUT2D eigenvalue weighted by molar-refractivity contribution is 0.249. The fraction of sp³-hybridized carbons (Fsp3) is 0.435. The number of benzene rings is 1. The van der Waals surface area contributed by atoms with Gasteiger partial charge in [0.2, 0.25) is 0 Å². The SMILES string of the molecule is CC(C)c1nccn1-c1cncc([C@H]2CCCN2CCCc2ccccc2)n1. The molecule has 0 bridgehead atoms. The van der Waals surface area contributed by atoms with Gasteiger partial charge in [-0.1, -0.05) is 44.2 Å². The zero-order chi connectivity index (χ0) is 19.3. The highest BCUT2D eigenvalue weighted by atomic mass is 15.2. The molecule has 1 aliphatic heterocycles. The molecule has 3 heterocycles. The van der Waals surface area contributed by atoms with E-state index in [2.05, 4.69) is 63.6 Å². The molecule has 2 aromatic heterocycles. The zero-order valence-corrected chi connectivity index (χ0v) is 16.8. The Hall–Kier alpha value is -2.53. The third-order valence-electron chi connectivity index (χ3n) is 5.53. The van der Waals surface area contributed by atoms with Crippen LogP contribution in [0.15, 0.2) is 55.1 Å². The lowest BCUT2D eigenvalue weighted by Crippen LogP contribution is -2.26. The van der Waals surface area contributed by atoms with Gasteiger partial charge in [0.1, 0.15) is 5.82 Å². The van der Waals surface area contributed by atoms with E-state index in [0.717, 1.165) is 43.3 Å². The number of imidazole rings is 1. The van der Waals surface area contributed by atoms with Crippen molar-refractivity contribution in [2.45, 2.75) is 51.5 Å². The number of nitrogens with zero attached hydrogens (tertiary/aromatic N) is 5. The van der Waals surface area contributed by atoms with E-state index >= 15 is 0 Å². The van der Waals surface area contributed by atoms with E-state index in [1.54, 1.807) is 0 Å². The summed E-state index contributed by atoms with van der Waals surface area (Å²) in [5, 5.41) is 0. The normalized spacial score (nSPS) is 17.5. The van der Waals surface area contributed by atoms with Crippen molar-refractivity contribution in [3.05, 3.63) is 72.2 Å². The Morgan fingerprint density at radius 1 is 1.14 bits per heavy atom. The topological polar surface area (TPSA) is 46.8 Å². The second-order valence-electron chi connectivity index (χ2n) is 7.90. The minimum Gasteiger partial charge on any atom is -0.295 e. The Kier molecular flexibility index (Phi) is 5.81. The van der Waals surface area contributed by atoms with Gasteiger partial charge in [-0.2, -0.15) is 0 Å². The molecule has 0 unspecified atom stereocenters. The summed E-state index contributed by atoms with van der Waals surface area (Å²) in [5.41, 5.74) is 2.50. The molecule has 146 valence electrons. The smallest absolute Gasteiger partial charge is 0.156 e. The van der Waals surface area contributed by atoms with E-state index in [9.17, 15) is 0 Å². The first-order valence-electron chi connectivity index (χ1n) is 10.4. The molecule has 4 rings (SSSR count). The van der Waals surface area contributed by atoms with Crippen molar-refractivity contribution in [3.63, 3.8) is 0 Å². The van der Waals surface area contributed by atoms with Crippen LogP contribution in [0.3, 0.4) is 0 Å². The van der Waals surface area contributed by atoms with Crippen LogP contribution in [0, 0.1) is 0 Å². The third-order valence-corrected chi connectivity index (χ3v) is 5.53. The fourth-order valence-electron chi connectivity index (χ4n) is 4.14. The van der Waals surface area contributed by atoms with E-state index in [4.69, 9.17) is 4.98 Å². The average Bonchev–Trinajstić information content (AvgIpc) is 3.39. The highest BCUT2D eigenvalue weighted by Gasteiger charge is 2.27. The van der Waals surface area contributed by atoms with Gasteiger partial charge < -0.3 is 0 Å². The Morgan fingerprint density at radius 3 is 2.82 bits per heavy atom. The lowest BCUT2D eigenvalue weighted by atomic mass is 10.1. The van der Waals surface area contributed by atoms with Gasteiger partial charge in [0, 0.05) is 18.3 Å². The highest BCUT2D eigenvalue weighted by Crippen LogP contribution is 2.31. The molecule has 0 N–H and O–H groups in total. The van der Waals surface area contributed by atoms with Crippen molar-refractivity contribution in [2.75, 3.05) is 13.1 Å². The fourth-order valence-corrected chi connectivity index (χ4v) is 4.14. The lowest BCUT2D eigenvalue weighted by Gasteiger charge is -2.24. The molecule has 5 nitrogen and oxygen atoms in total. The molecule has 1 aliphatic rings. The van der Waals surface area contributed by atoms with Crippen LogP contribution in [-0.4, -0.2) is 37.5 Å². The van der Waals surface area contributed by atoms with Crippen molar-refractivity contribution < 1.29 is 0 Å². The quantitative estimate of drug-likeness (QED) is 0.607. The number of aromatic nitrogens is 4. The Balaban J connectivity index is 1.46. The first-order valence-corrected chi connectivity index (χ1v) is 10.4. The summed E-state index contributed by atoms with van der Waals surface area (Å²) in [5.74, 6) is 2.24. The summed E-state index contributed by atoms with van der Waals surface area (Å²) in [7, 11) is 0. The molecule has 1 fully saturated rings. The monoisotopic (exact) mass is 375 g/mol. The molecule has 0 saturated carbocycles. The van der Waals surface area contributed by atoms with Crippen molar-refractivity contribution in [3.8, 4) is 5.82 Å². The predicted octanol–water partition coefficient (Wildman–Crippen LogP) is 4.56. The summed E-state index contributed by atoms with van der Waals surface area (Å²) in [6.07, 6.45) is 12.3. The van der Waals surface area contributed by atoms with Crippen molar-refractivity contribution in [1.82, 2.24) is 24.4 Å². The summed E-state index contributed by atoms with van der Waals surface area (Å²) in [4.78, 5) is 16.6. The van der Waals surface area contributed by atoms with Crippen LogP contribution in [0.4, 0.5) is 0 Å². The second kappa shape index (κ2) is 8.65. The van der Waals surface area contributed by atoms with Gasteiger partial charge in [-0.05, 0) is 44.3 Å². The molecule has 0 spiro atoms. The van der Waals surface area contributed by atoms with Gasteiger partial charge in [0.15, 0.2) is 5.82 Å². The number of hydrogen-bond donors (Lipinski definition) is 0. The van der Waals surface area contributed by atoms with Crippen LogP contribution in [-0.2, 0) is 6.42 Å². The van der Waals surface area contributed by atoms with Gasteiger partial charge in [-0.15, -0.1) is 0 Å². The molecular formula is C23H29N5. The Bertz CT molecular complexity index is 887. The molecular weight excluding hydrogens is 346 g/mol. The van der Waals surface area contributed by atoms with E-state index in [1.165, 1.54) is 18.4 Å². The molecule has 0 amide bonds. The first kappa shape index (κ1) is 18.8. The molecule has 5 heteroatoms. The molecule has 1 atom stereocenters. The van der Waals surface area contributed by atoms with Gasteiger partial charge in [-0.25, -0.2) is 9.97 Å². The summed E-state index contributed by atoms with van der Waals surface area (Å²) < 4.78 is 2.07. The van der Waals surface area contributed by atoms with E-state index in [0.29, 0.717) is 12.0 Å². The standard InChI is InChI=1S/C23H29N5/c1-18(2)23-25-12-15-28(23)22-17-24-16-20(26-22)21-11-7-14-27(21)13-6-10-19-8-4-3-5-9-19/h3-5,8-9,12,15-18,21H,6-7,10-11,13-14H2,1-2H3/t21-/m1/s1. The van der Waals surface area contributed by atoms with Crippen molar-refractivity contribution in [1.29, 1.82) is 0 Å². The van der Waals surface area contributed by atoms with Crippen LogP contribution >= 0.6 is 0 Å². The predicted molar refractivity (Wildman–Crippen MR) is 112 cm³/mol. The molecule has 1 aromatic carbocycles. The van der Waals surface area contributed by atoms with Gasteiger partial charge >= 0.3 is 0 Å². The van der Waals surface area contributed by atoms with Crippen LogP contribution in [0.1, 0.15) is 62.2 Å². The average molecular weight is 376 g/mol. The highest BCUT2D eigenvalue weighted by molar-refractivity contribution is 5.25. The van der Waals surface area contributed by atoms with Crippen LogP contribution in [0.2, 0.25) is 0 Å².